The molecule has 5 nitrogen and oxygen atoms in total. The van der Waals surface area contributed by atoms with Gasteiger partial charge in [-0.1, -0.05) is 54.8 Å². The van der Waals surface area contributed by atoms with Crippen LogP contribution in [0.1, 0.15) is 42.0 Å². The van der Waals surface area contributed by atoms with Crippen molar-refractivity contribution in [2.24, 2.45) is 0 Å². The predicted molar refractivity (Wildman–Crippen MR) is 136 cm³/mol. The molecule has 0 fully saturated rings. The van der Waals surface area contributed by atoms with Crippen LogP contribution >= 0.6 is 11.6 Å². The first-order chi connectivity index (χ1) is 16.4. The summed E-state index contributed by atoms with van der Waals surface area (Å²) in [5.74, 6) is 1.24. The number of unbranched alkanes of at least 4 members (excludes halogenated alkanes) is 1. The summed E-state index contributed by atoms with van der Waals surface area (Å²) in [6, 6.07) is 15.6. The first-order valence-electron chi connectivity index (χ1n) is 11.4. The summed E-state index contributed by atoms with van der Waals surface area (Å²) < 4.78 is 16.8. The smallest absolute Gasteiger partial charge is 0.330 e. The number of rotatable bonds is 11. The predicted octanol–water partition coefficient (Wildman–Crippen LogP) is 7.12. The van der Waals surface area contributed by atoms with Gasteiger partial charge in [-0.15, -0.1) is 0 Å². The summed E-state index contributed by atoms with van der Waals surface area (Å²) in [5.41, 5.74) is 4.09. The van der Waals surface area contributed by atoms with Gasteiger partial charge in [-0.3, -0.25) is 0 Å². The van der Waals surface area contributed by atoms with E-state index >= 15 is 0 Å². The number of pyridine rings is 1. The number of halogens is 1. The summed E-state index contributed by atoms with van der Waals surface area (Å²) in [5, 5.41) is 0.430. The van der Waals surface area contributed by atoms with E-state index < -0.39 is 0 Å². The van der Waals surface area contributed by atoms with Crippen molar-refractivity contribution in [3.8, 4) is 17.4 Å². The van der Waals surface area contributed by atoms with E-state index in [0.29, 0.717) is 35.6 Å². The molecule has 2 aromatic carbocycles. The Morgan fingerprint density at radius 2 is 1.85 bits per heavy atom. The van der Waals surface area contributed by atoms with Gasteiger partial charge in [0, 0.05) is 18.6 Å². The highest BCUT2D eigenvalue weighted by Crippen LogP contribution is 2.34. The number of hydrogen-bond acceptors (Lipinski definition) is 5. The van der Waals surface area contributed by atoms with E-state index in [-0.39, 0.29) is 5.97 Å². The molecule has 1 aromatic heterocycles. The van der Waals surface area contributed by atoms with Gasteiger partial charge >= 0.3 is 5.97 Å². The molecule has 1 heterocycles. The molecule has 0 N–H and O–H groups in total. The minimum absolute atomic E-state index is 0.368. The van der Waals surface area contributed by atoms with Crippen LogP contribution in [0.5, 0.6) is 17.4 Å². The van der Waals surface area contributed by atoms with Gasteiger partial charge < -0.3 is 14.2 Å². The highest BCUT2D eigenvalue weighted by Gasteiger charge is 2.10. The number of ether oxygens (including phenoxy) is 3. The molecule has 0 aliphatic heterocycles. The van der Waals surface area contributed by atoms with Crippen LogP contribution in [-0.2, 0) is 16.0 Å². The van der Waals surface area contributed by atoms with Gasteiger partial charge in [-0.25, -0.2) is 9.78 Å². The zero-order valence-corrected chi connectivity index (χ0v) is 20.6. The Kier molecular flexibility index (Phi) is 9.53. The molecule has 0 atom stereocenters. The van der Waals surface area contributed by atoms with Crippen LogP contribution in [-0.4, -0.2) is 24.2 Å². The number of hydrogen-bond donors (Lipinski definition) is 0. The Balaban J connectivity index is 1.55. The lowest BCUT2D eigenvalue weighted by atomic mass is 10.1. The van der Waals surface area contributed by atoms with Gasteiger partial charge in [0.25, 0.3) is 0 Å². The average Bonchev–Trinajstić information content (AvgIpc) is 2.82. The summed E-state index contributed by atoms with van der Waals surface area (Å²) in [6.45, 7) is 7.00. The summed E-state index contributed by atoms with van der Waals surface area (Å²) in [4.78, 5) is 16.1. The summed E-state index contributed by atoms with van der Waals surface area (Å²) in [6.07, 6.45) is 7.37. The van der Waals surface area contributed by atoms with Crippen molar-refractivity contribution in [1.82, 2.24) is 4.98 Å². The van der Waals surface area contributed by atoms with Crippen molar-refractivity contribution >= 4 is 23.6 Å². The lowest BCUT2D eigenvalue weighted by Gasteiger charge is -2.12. The molecule has 0 spiro atoms. The summed E-state index contributed by atoms with van der Waals surface area (Å²) in [7, 11) is 0. The number of carbonyl (C=O) groups excluding carboxylic acids is 1. The van der Waals surface area contributed by atoms with Crippen molar-refractivity contribution in [3.63, 3.8) is 0 Å². The normalized spacial score (nSPS) is 10.9. The van der Waals surface area contributed by atoms with Gasteiger partial charge in [0.1, 0.15) is 5.75 Å². The zero-order valence-electron chi connectivity index (χ0n) is 19.8. The molecule has 0 saturated carbocycles. The average molecular weight is 480 g/mol. The second-order valence-electron chi connectivity index (χ2n) is 8.02. The molecule has 0 aliphatic rings. The topological polar surface area (TPSA) is 57.7 Å². The van der Waals surface area contributed by atoms with Crippen LogP contribution in [0.4, 0.5) is 0 Å². The molecule has 0 saturated heterocycles. The number of esters is 1. The fourth-order valence-corrected chi connectivity index (χ4v) is 3.48. The number of aryl methyl sites for hydroxylation is 2. The van der Waals surface area contributed by atoms with Crippen molar-refractivity contribution in [1.29, 1.82) is 0 Å². The monoisotopic (exact) mass is 479 g/mol. The Labute approximate surface area is 206 Å². The molecular formula is C28H30ClNO4. The molecule has 0 bridgehead atoms. The van der Waals surface area contributed by atoms with E-state index in [4.69, 9.17) is 25.8 Å². The van der Waals surface area contributed by atoms with Crippen LogP contribution in [0.2, 0.25) is 5.02 Å². The molecule has 0 amide bonds. The SMILES string of the molecule is CCCCOC(=O)C=Cc1cc(C)c(Oc2ccc(OCCc3ccc(C)cc3)cn2)c(Cl)c1. The molecule has 178 valence electrons. The standard InChI is InChI=1S/C28H30ClNO4/c1-4-5-15-33-27(31)13-10-23-17-21(3)28(25(29)18-23)34-26-12-11-24(19-30-26)32-16-14-22-8-6-20(2)7-9-22/h6-13,17-19H,4-5,14-16H2,1-3H3. The van der Waals surface area contributed by atoms with E-state index in [1.165, 1.54) is 17.2 Å². The molecule has 0 unspecified atom stereocenters. The van der Waals surface area contributed by atoms with Gasteiger partial charge in [0.05, 0.1) is 24.4 Å². The van der Waals surface area contributed by atoms with E-state index in [0.717, 1.165) is 30.4 Å². The highest BCUT2D eigenvalue weighted by atomic mass is 35.5. The number of benzene rings is 2. The minimum Gasteiger partial charge on any atom is -0.492 e. The largest absolute Gasteiger partial charge is 0.492 e. The molecular weight excluding hydrogens is 450 g/mol. The van der Waals surface area contributed by atoms with Crippen molar-refractivity contribution < 1.29 is 19.0 Å². The van der Waals surface area contributed by atoms with Crippen molar-refractivity contribution in [2.45, 2.75) is 40.0 Å². The molecule has 0 aliphatic carbocycles. The Morgan fingerprint density at radius 1 is 1.06 bits per heavy atom. The lowest BCUT2D eigenvalue weighted by molar-refractivity contribution is -0.137. The zero-order chi connectivity index (χ0) is 24.3. The van der Waals surface area contributed by atoms with Gasteiger partial charge in [-0.05, 0) is 61.2 Å². The van der Waals surface area contributed by atoms with E-state index in [1.54, 1.807) is 24.4 Å². The van der Waals surface area contributed by atoms with Crippen LogP contribution < -0.4 is 9.47 Å². The second-order valence-corrected chi connectivity index (χ2v) is 8.43. The van der Waals surface area contributed by atoms with E-state index in [9.17, 15) is 4.79 Å². The minimum atomic E-state index is -0.368. The number of nitrogens with zero attached hydrogens (tertiary/aromatic N) is 1. The van der Waals surface area contributed by atoms with Crippen molar-refractivity contribution in [2.75, 3.05) is 13.2 Å². The third kappa shape index (κ3) is 7.92. The first kappa shape index (κ1) is 25.3. The Morgan fingerprint density at radius 3 is 2.53 bits per heavy atom. The van der Waals surface area contributed by atoms with Gasteiger partial charge in [0.2, 0.25) is 5.88 Å². The number of carbonyl (C=O) groups is 1. The van der Waals surface area contributed by atoms with Crippen molar-refractivity contribution in [3.05, 3.63) is 88.1 Å². The third-order valence-electron chi connectivity index (χ3n) is 5.10. The maximum Gasteiger partial charge on any atom is 0.330 e. The fourth-order valence-electron chi connectivity index (χ4n) is 3.17. The molecule has 6 heteroatoms. The maximum atomic E-state index is 11.8. The van der Waals surface area contributed by atoms with Crippen LogP contribution in [0, 0.1) is 13.8 Å². The highest BCUT2D eigenvalue weighted by molar-refractivity contribution is 6.32. The van der Waals surface area contributed by atoms with Crippen LogP contribution in [0.3, 0.4) is 0 Å². The summed E-state index contributed by atoms with van der Waals surface area (Å²) >= 11 is 6.44. The lowest BCUT2D eigenvalue weighted by Crippen LogP contribution is -2.02. The molecule has 34 heavy (non-hydrogen) atoms. The fraction of sp³-hybridized carbons (Fsp3) is 0.286. The number of aromatic nitrogens is 1. The molecule has 3 aromatic rings. The quantitative estimate of drug-likeness (QED) is 0.166. The first-order valence-corrected chi connectivity index (χ1v) is 11.8. The maximum absolute atomic E-state index is 11.8. The molecule has 0 radical (unpaired) electrons. The van der Waals surface area contributed by atoms with Gasteiger partial charge in [0.15, 0.2) is 5.75 Å². The van der Waals surface area contributed by atoms with Crippen LogP contribution in [0.15, 0.2) is 60.8 Å². The third-order valence-corrected chi connectivity index (χ3v) is 5.38. The second kappa shape index (κ2) is 12.8. The van der Waals surface area contributed by atoms with E-state index in [2.05, 4.69) is 36.2 Å². The molecule has 3 rings (SSSR count). The van der Waals surface area contributed by atoms with E-state index in [1.807, 2.05) is 26.0 Å². The van der Waals surface area contributed by atoms with Crippen LogP contribution in [0.25, 0.3) is 6.08 Å². The Bertz CT molecular complexity index is 1090. The Hall–Kier alpha value is -3.31. The van der Waals surface area contributed by atoms with Gasteiger partial charge in [-0.2, -0.15) is 0 Å².